The van der Waals surface area contributed by atoms with Gasteiger partial charge in [-0.15, -0.1) is 23.4 Å². The molecule has 5 rings (SSSR count). The molecule has 1 fully saturated rings. The molecule has 0 saturated heterocycles. The van der Waals surface area contributed by atoms with Crippen LogP contribution in [0.2, 0.25) is 10.0 Å². The Bertz CT molecular complexity index is 1240. The summed E-state index contributed by atoms with van der Waals surface area (Å²) in [6, 6.07) is 18.7. The van der Waals surface area contributed by atoms with Gasteiger partial charge in [0.2, 0.25) is 0 Å². The number of hydrogen-bond donors (Lipinski definition) is 1. The number of alkyl halides is 1. The van der Waals surface area contributed by atoms with Crippen molar-refractivity contribution < 1.29 is 4.92 Å². The molecule has 0 aromatic heterocycles. The predicted molar refractivity (Wildman–Crippen MR) is 145 cm³/mol. The Hall–Kier alpha value is -1.19. The van der Waals surface area contributed by atoms with Gasteiger partial charge in [-0.25, -0.2) is 0 Å². The van der Waals surface area contributed by atoms with Crippen molar-refractivity contribution in [2.75, 3.05) is 5.32 Å². The molecule has 0 amide bonds. The van der Waals surface area contributed by atoms with Gasteiger partial charge in [-0.05, 0) is 70.3 Å². The Morgan fingerprint density at radius 3 is 2.61 bits per heavy atom. The summed E-state index contributed by atoms with van der Waals surface area (Å²) in [6.07, 6.45) is 0.803. The van der Waals surface area contributed by atoms with Gasteiger partial charge in [0.05, 0.1) is 26.9 Å². The molecule has 3 aromatic carbocycles. The van der Waals surface area contributed by atoms with Gasteiger partial charge in [0.15, 0.2) is 0 Å². The number of rotatable bonds is 4. The van der Waals surface area contributed by atoms with Crippen LogP contribution in [0.25, 0.3) is 0 Å². The smallest absolute Gasteiger partial charge is 0.282 e. The van der Waals surface area contributed by atoms with Gasteiger partial charge in [0, 0.05) is 30.8 Å². The number of nitro groups is 1. The van der Waals surface area contributed by atoms with Crippen molar-refractivity contribution in [3.63, 3.8) is 0 Å². The topological polar surface area (TPSA) is 55.2 Å². The Labute approximate surface area is 224 Å². The van der Waals surface area contributed by atoms with E-state index in [0.717, 1.165) is 21.2 Å². The first-order chi connectivity index (χ1) is 15.8. The summed E-state index contributed by atoms with van der Waals surface area (Å²) in [6.45, 7) is 0. The van der Waals surface area contributed by atoms with Gasteiger partial charge in [-0.3, -0.25) is 10.1 Å². The third-order valence-electron chi connectivity index (χ3n) is 6.43. The lowest BCUT2D eigenvalue weighted by molar-refractivity contribution is -0.387. The van der Waals surface area contributed by atoms with Crippen LogP contribution in [0.1, 0.15) is 29.5 Å². The molecule has 1 saturated carbocycles. The Kier molecular flexibility index (Phi) is 6.75. The molecular formula is C24H18Cl3IN2O2S. The van der Waals surface area contributed by atoms with Crippen molar-refractivity contribution in [2.45, 2.75) is 33.9 Å². The van der Waals surface area contributed by atoms with Crippen LogP contribution in [0.5, 0.6) is 0 Å². The van der Waals surface area contributed by atoms with Crippen LogP contribution in [0.3, 0.4) is 0 Å². The molecule has 1 heterocycles. The summed E-state index contributed by atoms with van der Waals surface area (Å²) in [5, 5.41) is 16.3. The zero-order chi connectivity index (χ0) is 23.3. The fourth-order valence-electron chi connectivity index (χ4n) is 5.04. The standard InChI is InChI=1S/C24H18Cl3IN2O2S/c25-12-8-9-13(16(26)10-12)23-15-11-20(33-19-7-2-1-6-18(19)30(31)32)22(27)21(15)14-4-3-5-17(28)24(14)29-23/h1-10,15,20-23,29H,11H2. The van der Waals surface area contributed by atoms with E-state index in [1.54, 1.807) is 24.3 Å². The number of nitrogens with zero attached hydrogens (tertiary/aromatic N) is 1. The van der Waals surface area contributed by atoms with Gasteiger partial charge in [-0.1, -0.05) is 53.5 Å². The maximum absolute atomic E-state index is 11.6. The van der Waals surface area contributed by atoms with Crippen molar-refractivity contribution in [1.82, 2.24) is 0 Å². The number of fused-ring (bicyclic) bond motifs is 3. The van der Waals surface area contributed by atoms with Crippen molar-refractivity contribution in [3.8, 4) is 0 Å². The number of para-hydroxylation sites is 2. The number of benzene rings is 3. The fraction of sp³-hybridized carbons (Fsp3) is 0.250. The second kappa shape index (κ2) is 9.46. The number of hydrogen-bond acceptors (Lipinski definition) is 4. The van der Waals surface area contributed by atoms with Crippen LogP contribution in [-0.4, -0.2) is 15.6 Å². The zero-order valence-electron chi connectivity index (χ0n) is 17.1. The highest BCUT2D eigenvalue weighted by Crippen LogP contribution is 2.59. The summed E-state index contributed by atoms with van der Waals surface area (Å²) in [5.74, 6) is 0.270. The lowest BCUT2D eigenvalue weighted by atomic mass is 9.77. The first-order valence-corrected chi connectivity index (χ1v) is 13.5. The van der Waals surface area contributed by atoms with Gasteiger partial charge in [0.25, 0.3) is 5.69 Å². The summed E-state index contributed by atoms with van der Waals surface area (Å²) in [4.78, 5) is 11.9. The van der Waals surface area contributed by atoms with E-state index in [1.807, 2.05) is 18.2 Å². The normalized spacial score (nSPS) is 25.8. The van der Waals surface area contributed by atoms with E-state index in [4.69, 9.17) is 34.8 Å². The molecule has 1 N–H and O–H groups in total. The number of anilines is 1. The maximum atomic E-state index is 11.6. The average Bonchev–Trinajstić information content (AvgIpc) is 3.10. The van der Waals surface area contributed by atoms with Crippen LogP contribution < -0.4 is 5.32 Å². The highest BCUT2D eigenvalue weighted by Gasteiger charge is 2.51. The largest absolute Gasteiger partial charge is 0.377 e. The summed E-state index contributed by atoms with van der Waals surface area (Å²) < 4.78 is 1.12. The molecule has 1 aliphatic carbocycles. The van der Waals surface area contributed by atoms with Crippen molar-refractivity contribution >= 4 is 80.5 Å². The van der Waals surface area contributed by atoms with Crippen LogP contribution in [0.4, 0.5) is 11.4 Å². The number of halogens is 4. The molecule has 170 valence electrons. The average molecular weight is 632 g/mol. The van der Waals surface area contributed by atoms with Gasteiger partial charge in [-0.2, -0.15) is 0 Å². The van der Waals surface area contributed by atoms with Gasteiger partial charge >= 0.3 is 0 Å². The SMILES string of the molecule is O=[N+]([O-])c1ccccc1SC1CC2C(c3ccc(Cl)cc3Cl)Nc3c(I)cccc3C2C1Cl. The molecule has 0 spiro atoms. The predicted octanol–water partition coefficient (Wildman–Crippen LogP) is 8.54. The number of nitro benzene ring substituents is 1. The molecular weight excluding hydrogens is 614 g/mol. The molecule has 5 atom stereocenters. The molecule has 33 heavy (non-hydrogen) atoms. The summed E-state index contributed by atoms with van der Waals surface area (Å²) in [7, 11) is 0. The first-order valence-electron chi connectivity index (χ1n) is 10.4. The Morgan fingerprint density at radius 1 is 1.06 bits per heavy atom. The zero-order valence-corrected chi connectivity index (χ0v) is 22.3. The summed E-state index contributed by atoms with van der Waals surface area (Å²) >= 11 is 23.8. The molecule has 5 unspecified atom stereocenters. The van der Waals surface area contributed by atoms with Crippen molar-refractivity contribution in [3.05, 3.63) is 95.5 Å². The third kappa shape index (κ3) is 4.33. The second-order valence-corrected chi connectivity index (χ2v) is 12.0. The van der Waals surface area contributed by atoms with E-state index in [9.17, 15) is 10.1 Å². The molecule has 9 heteroatoms. The maximum Gasteiger partial charge on any atom is 0.282 e. The minimum absolute atomic E-state index is 0.0157. The van der Waals surface area contributed by atoms with E-state index in [1.165, 1.54) is 17.3 Å². The van der Waals surface area contributed by atoms with E-state index in [0.29, 0.717) is 14.9 Å². The van der Waals surface area contributed by atoms with Crippen LogP contribution in [0.15, 0.2) is 65.6 Å². The van der Waals surface area contributed by atoms with Crippen LogP contribution >= 0.6 is 69.2 Å². The minimum atomic E-state index is -0.330. The van der Waals surface area contributed by atoms with E-state index >= 15 is 0 Å². The summed E-state index contributed by atoms with van der Waals surface area (Å²) in [5.41, 5.74) is 3.38. The molecule has 4 nitrogen and oxygen atoms in total. The molecule has 0 bridgehead atoms. The monoisotopic (exact) mass is 630 g/mol. The minimum Gasteiger partial charge on any atom is -0.377 e. The highest BCUT2D eigenvalue weighted by molar-refractivity contribution is 14.1. The van der Waals surface area contributed by atoms with Crippen molar-refractivity contribution in [2.24, 2.45) is 5.92 Å². The van der Waals surface area contributed by atoms with E-state index in [-0.39, 0.29) is 39.1 Å². The molecule has 3 aromatic rings. The lowest BCUT2D eigenvalue weighted by Gasteiger charge is -2.39. The Balaban J connectivity index is 1.56. The van der Waals surface area contributed by atoms with E-state index < -0.39 is 0 Å². The highest BCUT2D eigenvalue weighted by atomic mass is 127. The third-order valence-corrected chi connectivity index (χ3v) is 10.0. The lowest BCUT2D eigenvalue weighted by Crippen LogP contribution is -2.31. The number of nitrogens with one attached hydrogen (secondary N) is 1. The molecule has 2 aliphatic rings. The number of thioether (sulfide) groups is 1. The van der Waals surface area contributed by atoms with Crippen molar-refractivity contribution in [1.29, 1.82) is 0 Å². The van der Waals surface area contributed by atoms with Crippen LogP contribution in [-0.2, 0) is 0 Å². The van der Waals surface area contributed by atoms with Gasteiger partial charge in [0.1, 0.15) is 0 Å². The molecule has 0 radical (unpaired) electrons. The second-order valence-electron chi connectivity index (χ2n) is 8.24. The quantitative estimate of drug-likeness (QED) is 0.136. The van der Waals surface area contributed by atoms with E-state index in [2.05, 4.69) is 46.1 Å². The Morgan fingerprint density at radius 2 is 1.85 bits per heavy atom. The fourth-order valence-corrected chi connectivity index (χ4v) is 8.18. The molecule has 1 aliphatic heterocycles. The first kappa shape index (κ1) is 23.5. The van der Waals surface area contributed by atoms with Crippen LogP contribution in [0, 0.1) is 19.6 Å². The van der Waals surface area contributed by atoms with Gasteiger partial charge < -0.3 is 5.32 Å².